The third-order valence-corrected chi connectivity index (χ3v) is 2.70. The highest BCUT2D eigenvalue weighted by molar-refractivity contribution is 7.09. The van der Waals surface area contributed by atoms with Gasteiger partial charge in [-0.3, -0.25) is 4.98 Å². The first kappa shape index (κ1) is 10.7. The Labute approximate surface area is 84.4 Å². The maximum atomic E-state index is 4.03. The lowest BCUT2D eigenvalue weighted by atomic mass is 10.1. The van der Waals surface area contributed by atoms with Gasteiger partial charge in [-0.1, -0.05) is 13.8 Å². The fourth-order valence-corrected chi connectivity index (χ4v) is 1.74. The van der Waals surface area contributed by atoms with E-state index in [1.54, 1.807) is 11.3 Å². The Morgan fingerprint density at radius 3 is 3.00 bits per heavy atom. The Kier molecular flexibility index (Phi) is 5.01. The summed E-state index contributed by atoms with van der Waals surface area (Å²) >= 11 is 1.71. The van der Waals surface area contributed by atoms with Crippen LogP contribution in [0.5, 0.6) is 0 Å². The summed E-state index contributed by atoms with van der Waals surface area (Å²) in [4.78, 5) is 5.35. The molecule has 0 unspecified atom stereocenters. The van der Waals surface area contributed by atoms with Crippen LogP contribution in [0.3, 0.4) is 0 Å². The second kappa shape index (κ2) is 6.11. The van der Waals surface area contributed by atoms with Crippen molar-refractivity contribution in [3.8, 4) is 0 Å². The zero-order valence-corrected chi connectivity index (χ0v) is 9.23. The topological polar surface area (TPSA) is 24.9 Å². The molecule has 0 aliphatic rings. The highest BCUT2D eigenvalue weighted by Gasteiger charge is 1.95. The number of rotatable bonds is 6. The summed E-state index contributed by atoms with van der Waals surface area (Å²) in [6.07, 6.45) is 4.52. The molecule has 0 saturated carbocycles. The molecule has 0 atom stereocenters. The number of hydrogen-bond acceptors (Lipinski definition) is 3. The van der Waals surface area contributed by atoms with Crippen molar-refractivity contribution in [1.82, 2.24) is 10.3 Å². The van der Waals surface area contributed by atoms with Crippen LogP contribution >= 0.6 is 11.3 Å². The van der Waals surface area contributed by atoms with Gasteiger partial charge in [0, 0.05) is 17.6 Å². The van der Waals surface area contributed by atoms with Crippen molar-refractivity contribution in [1.29, 1.82) is 0 Å². The first-order chi connectivity index (χ1) is 6.29. The van der Waals surface area contributed by atoms with E-state index < -0.39 is 0 Å². The zero-order valence-electron chi connectivity index (χ0n) is 8.42. The average molecular weight is 198 g/mol. The molecule has 0 saturated heterocycles. The minimum atomic E-state index is 0.824. The molecule has 1 rings (SSSR count). The fourth-order valence-electron chi connectivity index (χ4n) is 1.18. The summed E-state index contributed by atoms with van der Waals surface area (Å²) in [6, 6.07) is 0. The Bertz CT molecular complexity index is 207. The van der Waals surface area contributed by atoms with Crippen LogP contribution in [0.2, 0.25) is 0 Å². The van der Waals surface area contributed by atoms with E-state index in [2.05, 4.69) is 24.1 Å². The quantitative estimate of drug-likeness (QED) is 0.711. The van der Waals surface area contributed by atoms with E-state index in [1.165, 1.54) is 17.7 Å². The molecule has 0 aromatic carbocycles. The second-order valence-electron chi connectivity index (χ2n) is 3.68. The van der Waals surface area contributed by atoms with Gasteiger partial charge in [-0.15, -0.1) is 11.3 Å². The molecule has 0 bridgehead atoms. The summed E-state index contributed by atoms with van der Waals surface area (Å²) in [7, 11) is 0. The predicted octanol–water partition coefficient (Wildman–Crippen LogP) is 2.67. The normalized spacial score (nSPS) is 11.0. The molecule has 1 aromatic rings. The molecule has 1 N–H and O–H groups in total. The number of hydrogen-bond donors (Lipinski definition) is 1. The van der Waals surface area contributed by atoms with E-state index >= 15 is 0 Å². The highest BCUT2D eigenvalue weighted by Crippen LogP contribution is 2.05. The van der Waals surface area contributed by atoms with Crippen LogP contribution in [0, 0.1) is 5.92 Å². The molecule has 0 spiro atoms. The largest absolute Gasteiger partial charge is 0.312 e. The summed E-state index contributed by atoms with van der Waals surface area (Å²) in [5.41, 5.74) is 1.88. The minimum absolute atomic E-state index is 0.824. The smallest absolute Gasteiger partial charge is 0.0794 e. The minimum Gasteiger partial charge on any atom is -0.312 e. The summed E-state index contributed by atoms with van der Waals surface area (Å²) < 4.78 is 0. The standard InChI is InChI=1S/C10H18N2S/c1-9(2)4-3-5-11-6-10-7-12-8-13-10/h7-9,11H,3-6H2,1-2H3. The molecule has 13 heavy (non-hydrogen) atoms. The Morgan fingerprint density at radius 2 is 2.38 bits per heavy atom. The van der Waals surface area contributed by atoms with Crippen molar-refractivity contribution in [2.75, 3.05) is 6.54 Å². The van der Waals surface area contributed by atoms with Crippen molar-refractivity contribution in [2.45, 2.75) is 33.2 Å². The van der Waals surface area contributed by atoms with E-state index in [4.69, 9.17) is 0 Å². The summed E-state index contributed by atoms with van der Waals surface area (Å²) in [5, 5.41) is 3.41. The van der Waals surface area contributed by atoms with Gasteiger partial charge in [0.2, 0.25) is 0 Å². The van der Waals surface area contributed by atoms with Crippen LogP contribution in [-0.2, 0) is 6.54 Å². The fraction of sp³-hybridized carbons (Fsp3) is 0.700. The summed E-state index contributed by atoms with van der Waals surface area (Å²) in [5.74, 6) is 0.824. The maximum Gasteiger partial charge on any atom is 0.0794 e. The van der Waals surface area contributed by atoms with Gasteiger partial charge >= 0.3 is 0 Å². The predicted molar refractivity (Wildman–Crippen MR) is 57.9 cm³/mol. The molecule has 0 fully saturated rings. The van der Waals surface area contributed by atoms with Gasteiger partial charge in [-0.2, -0.15) is 0 Å². The first-order valence-corrected chi connectivity index (χ1v) is 5.75. The number of nitrogens with zero attached hydrogens (tertiary/aromatic N) is 1. The van der Waals surface area contributed by atoms with Crippen LogP contribution in [-0.4, -0.2) is 11.5 Å². The van der Waals surface area contributed by atoms with Gasteiger partial charge in [0.15, 0.2) is 0 Å². The average Bonchev–Trinajstić information content (AvgIpc) is 2.55. The molecule has 3 heteroatoms. The molecular weight excluding hydrogens is 180 g/mol. The number of aromatic nitrogens is 1. The Morgan fingerprint density at radius 1 is 1.54 bits per heavy atom. The lowest BCUT2D eigenvalue weighted by Gasteiger charge is -2.04. The first-order valence-electron chi connectivity index (χ1n) is 4.87. The second-order valence-corrected chi connectivity index (χ2v) is 4.65. The van der Waals surface area contributed by atoms with E-state index in [0.29, 0.717) is 0 Å². The van der Waals surface area contributed by atoms with Crippen molar-refractivity contribution < 1.29 is 0 Å². The molecule has 2 nitrogen and oxygen atoms in total. The lowest BCUT2D eigenvalue weighted by Crippen LogP contribution is -2.14. The SMILES string of the molecule is CC(C)CCCNCc1cncs1. The maximum absolute atomic E-state index is 4.03. The van der Waals surface area contributed by atoms with E-state index in [9.17, 15) is 0 Å². The van der Waals surface area contributed by atoms with Crippen molar-refractivity contribution in [2.24, 2.45) is 5.92 Å². The number of thiazole rings is 1. The molecule has 0 amide bonds. The van der Waals surface area contributed by atoms with Gasteiger partial charge < -0.3 is 5.32 Å². The van der Waals surface area contributed by atoms with Gasteiger partial charge in [0.1, 0.15) is 0 Å². The van der Waals surface area contributed by atoms with Gasteiger partial charge in [-0.25, -0.2) is 0 Å². The third kappa shape index (κ3) is 5.01. The van der Waals surface area contributed by atoms with Crippen LogP contribution in [0.4, 0.5) is 0 Å². The van der Waals surface area contributed by atoms with Crippen LogP contribution in [0.15, 0.2) is 11.7 Å². The number of nitrogens with one attached hydrogen (secondary N) is 1. The van der Waals surface area contributed by atoms with Gasteiger partial charge in [-0.05, 0) is 25.3 Å². The van der Waals surface area contributed by atoms with E-state index in [0.717, 1.165) is 19.0 Å². The Balaban J connectivity index is 1.96. The Hall–Kier alpha value is -0.410. The molecule has 74 valence electrons. The van der Waals surface area contributed by atoms with Crippen LogP contribution in [0.25, 0.3) is 0 Å². The molecule has 0 aliphatic carbocycles. The highest BCUT2D eigenvalue weighted by atomic mass is 32.1. The van der Waals surface area contributed by atoms with Gasteiger partial charge in [0.25, 0.3) is 0 Å². The molecule has 1 heterocycles. The van der Waals surface area contributed by atoms with E-state index in [-0.39, 0.29) is 0 Å². The van der Waals surface area contributed by atoms with E-state index in [1.807, 2.05) is 11.7 Å². The van der Waals surface area contributed by atoms with Gasteiger partial charge in [0.05, 0.1) is 5.51 Å². The van der Waals surface area contributed by atoms with Crippen LogP contribution < -0.4 is 5.32 Å². The molecular formula is C10H18N2S. The molecule has 1 aromatic heterocycles. The monoisotopic (exact) mass is 198 g/mol. The lowest BCUT2D eigenvalue weighted by molar-refractivity contribution is 0.528. The molecule has 0 aliphatic heterocycles. The van der Waals surface area contributed by atoms with Crippen molar-refractivity contribution >= 4 is 11.3 Å². The van der Waals surface area contributed by atoms with Crippen LogP contribution in [0.1, 0.15) is 31.6 Å². The molecule has 0 radical (unpaired) electrons. The van der Waals surface area contributed by atoms with Crippen molar-refractivity contribution in [3.05, 3.63) is 16.6 Å². The summed E-state index contributed by atoms with van der Waals surface area (Å²) in [6.45, 7) is 6.63. The third-order valence-electron chi connectivity index (χ3n) is 1.92. The zero-order chi connectivity index (χ0) is 9.52. The van der Waals surface area contributed by atoms with Crippen molar-refractivity contribution in [3.63, 3.8) is 0 Å².